The second-order valence-electron chi connectivity index (χ2n) is 5.59. The second-order valence-corrected chi connectivity index (χ2v) is 5.59. The van der Waals surface area contributed by atoms with E-state index in [-0.39, 0.29) is 12.1 Å². The number of nitrogens with one attached hydrogen (secondary N) is 1. The normalized spacial score (nSPS) is 21.1. The lowest BCUT2D eigenvalue weighted by Gasteiger charge is -2.34. The third kappa shape index (κ3) is 2.42. The van der Waals surface area contributed by atoms with Crippen LogP contribution in [0.4, 0.5) is 0 Å². The van der Waals surface area contributed by atoms with E-state index < -0.39 is 0 Å². The maximum absolute atomic E-state index is 5.38. The van der Waals surface area contributed by atoms with Crippen molar-refractivity contribution >= 4 is 0 Å². The van der Waals surface area contributed by atoms with Gasteiger partial charge in [0.2, 0.25) is 0 Å². The topological polar surface area (TPSA) is 52.0 Å². The number of methoxy groups -OCH3 is 1. The molecule has 0 fully saturated rings. The summed E-state index contributed by atoms with van der Waals surface area (Å²) in [6.45, 7) is 3.96. The fourth-order valence-corrected chi connectivity index (χ4v) is 3.36. The van der Waals surface area contributed by atoms with Crippen molar-refractivity contribution in [3.05, 3.63) is 41.0 Å². The molecule has 1 aromatic heterocycles. The quantitative estimate of drug-likeness (QED) is 0.941. The highest BCUT2D eigenvalue weighted by molar-refractivity contribution is 5.40. The van der Waals surface area contributed by atoms with Crippen LogP contribution in [0.2, 0.25) is 0 Å². The molecule has 1 aromatic carbocycles. The van der Waals surface area contributed by atoms with Gasteiger partial charge in [-0.25, -0.2) is 9.67 Å². The minimum atomic E-state index is 0.226. The molecule has 112 valence electrons. The van der Waals surface area contributed by atoms with Crippen molar-refractivity contribution < 1.29 is 4.74 Å². The van der Waals surface area contributed by atoms with Gasteiger partial charge in [-0.2, -0.15) is 5.10 Å². The smallest absolute Gasteiger partial charge is 0.147 e. The molecule has 0 amide bonds. The Hall–Kier alpha value is -1.88. The fourth-order valence-electron chi connectivity index (χ4n) is 3.36. The summed E-state index contributed by atoms with van der Waals surface area (Å²) < 4.78 is 7.45. The molecule has 5 nitrogen and oxygen atoms in total. The highest BCUT2D eigenvalue weighted by Gasteiger charge is 2.31. The van der Waals surface area contributed by atoms with Crippen molar-refractivity contribution in [3.63, 3.8) is 0 Å². The van der Waals surface area contributed by atoms with E-state index >= 15 is 0 Å². The third-order valence-electron chi connectivity index (χ3n) is 4.32. The Morgan fingerprint density at radius 1 is 1.33 bits per heavy atom. The summed E-state index contributed by atoms with van der Waals surface area (Å²) in [4.78, 5) is 4.44. The molecule has 0 bridgehead atoms. The van der Waals surface area contributed by atoms with Gasteiger partial charge in [0, 0.05) is 0 Å². The van der Waals surface area contributed by atoms with Crippen LogP contribution in [-0.2, 0) is 6.42 Å². The summed E-state index contributed by atoms with van der Waals surface area (Å²) in [5.74, 6) is 2.71. The van der Waals surface area contributed by atoms with Crippen LogP contribution in [0.25, 0.3) is 0 Å². The zero-order valence-corrected chi connectivity index (χ0v) is 13.1. The molecule has 2 atom stereocenters. The molecule has 1 heterocycles. The first kappa shape index (κ1) is 14.1. The molecule has 21 heavy (non-hydrogen) atoms. The van der Waals surface area contributed by atoms with Gasteiger partial charge in [0.1, 0.15) is 17.4 Å². The van der Waals surface area contributed by atoms with Crippen LogP contribution >= 0.6 is 0 Å². The number of ether oxygens (including phenoxy) is 1. The van der Waals surface area contributed by atoms with Crippen molar-refractivity contribution in [2.45, 2.75) is 38.8 Å². The zero-order chi connectivity index (χ0) is 15.0. The monoisotopic (exact) mass is 286 g/mol. The summed E-state index contributed by atoms with van der Waals surface area (Å²) >= 11 is 0. The van der Waals surface area contributed by atoms with E-state index in [1.165, 1.54) is 11.1 Å². The van der Waals surface area contributed by atoms with Crippen molar-refractivity contribution in [2.24, 2.45) is 0 Å². The predicted molar refractivity (Wildman–Crippen MR) is 81.6 cm³/mol. The van der Waals surface area contributed by atoms with E-state index in [0.717, 1.165) is 30.2 Å². The SMILES string of the molecule is CNC1c2cc(OC)ccc2CCC1n1nc(C)nc1C. The molecule has 0 saturated heterocycles. The van der Waals surface area contributed by atoms with Gasteiger partial charge in [-0.3, -0.25) is 0 Å². The van der Waals surface area contributed by atoms with E-state index in [4.69, 9.17) is 4.74 Å². The van der Waals surface area contributed by atoms with Crippen LogP contribution in [0.5, 0.6) is 5.75 Å². The second kappa shape index (κ2) is 5.48. The largest absolute Gasteiger partial charge is 0.497 e. The first-order valence-electron chi connectivity index (χ1n) is 7.38. The Kier molecular flexibility index (Phi) is 3.68. The molecule has 3 rings (SSSR count). The highest BCUT2D eigenvalue weighted by Crippen LogP contribution is 2.39. The molecule has 1 N–H and O–H groups in total. The number of hydrogen-bond donors (Lipinski definition) is 1. The molecule has 0 aliphatic heterocycles. The lowest BCUT2D eigenvalue weighted by molar-refractivity contribution is 0.301. The van der Waals surface area contributed by atoms with Gasteiger partial charge in [0.25, 0.3) is 0 Å². The van der Waals surface area contributed by atoms with Crippen LogP contribution in [0.15, 0.2) is 18.2 Å². The van der Waals surface area contributed by atoms with Crippen LogP contribution < -0.4 is 10.1 Å². The van der Waals surface area contributed by atoms with Gasteiger partial charge >= 0.3 is 0 Å². The van der Waals surface area contributed by atoms with Gasteiger partial charge in [-0.1, -0.05) is 6.07 Å². The van der Waals surface area contributed by atoms with Crippen molar-refractivity contribution in [1.29, 1.82) is 0 Å². The number of rotatable bonds is 3. The van der Waals surface area contributed by atoms with Gasteiger partial charge in [0.15, 0.2) is 0 Å². The summed E-state index contributed by atoms with van der Waals surface area (Å²) in [5.41, 5.74) is 2.70. The molecule has 1 aliphatic carbocycles. The standard InChI is InChI=1S/C16H22N4O/c1-10-18-11(2)20(19-10)15-8-6-12-5-7-13(21-4)9-14(12)16(15)17-3/h5,7,9,15-17H,6,8H2,1-4H3. The Balaban J connectivity index is 2.03. The summed E-state index contributed by atoms with van der Waals surface area (Å²) in [6, 6.07) is 6.87. The lowest BCUT2D eigenvalue weighted by Crippen LogP contribution is -2.33. The average Bonchev–Trinajstić information content (AvgIpc) is 2.83. The number of nitrogens with zero attached hydrogens (tertiary/aromatic N) is 3. The van der Waals surface area contributed by atoms with E-state index in [2.05, 4.69) is 32.2 Å². The van der Waals surface area contributed by atoms with Crippen LogP contribution in [0.3, 0.4) is 0 Å². The van der Waals surface area contributed by atoms with Crippen LogP contribution in [0.1, 0.15) is 41.3 Å². The molecule has 5 heteroatoms. The first-order valence-corrected chi connectivity index (χ1v) is 7.38. The first-order chi connectivity index (χ1) is 10.1. The molecule has 0 spiro atoms. The minimum absolute atomic E-state index is 0.226. The highest BCUT2D eigenvalue weighted by atomic mass is 16.5. The summed E-state index contributed by atoms with van der Waals surface area (Å²) in [5, 5.41) is 8.03. The molecular weight excluding hydrogens is 264 g/mol. The predicted octanol–water partition coefficient (Wildman–Crippen LogP) is 2.35. The summed E-state index contributed by atoms with van der Waals surface area (Å²) in [7, 11) is 3.71. The number of likely N-dealkylation sites (N-methyl/N-ethyl adjacent to an activating group) is 1. The Bertz CT molecular complexity index is 650. The zero-order valence-electron chi connectivity index (χ0n) is 13.1. The Labute approximate surface area is 125 Å². The van der Waals surface area contributed by atoms with Crippen molar-refractivity contribution in [2.75, 3.05) is 14.2 Å². The minimum Gasteiger partial charge on any atom is -0.497 e. The summed E-state index contributed by atoms with van der Waals surface area (Å²) in [6.07, 6.45) is 2.12. The molecule has 0 radical (unpaired) electrons. The number of fused-ring (bicyclic) bond motifs is 1. The van der Waals surface area contributed by atoms with Crippen LogP contribution in [0, 0.1) is 13.8 Å². The van der Waals surface area contributed by atoms with E-state index in [9.17, 15) is 0 Å². The molecule has 0 saturated carbocycles. The number of benzene rings is 1. The number of hydrogen-bond acceptors (Lipinski definition) is 4. The van der Waals surface area contributed by atoms with Gasteiger partial charge in [0.05, 0.1) is 19.2 Å². The van der Waals surface area contributed by atoms with E-state index in [0.29, 0.717) is 0 Å². The maximum atomic E-state index is 5.38. The van der Waals surface area contributed by atoms with E-state index in [1.54, 1.807) is 7.11 Å². The average molecular weight is 286 g/mol. The third-order valence-corrected chi connectivity index (χ3v) is 4.32. The molecule has 2 unspecified atom stereocenters. The molecule has 2 aromatic rings. The van der Waals surface area contributed by atoms with Gasteiger partial charge < -0.3 is 10.1 Å². The lowest BCUT2D eigenvalue weighted by atomic mass is 9.84. The van der Waals surface area contributed by atoms with Gasteiger partial charge in [-0.15, -0.1) is 0 Å². The molecular formula is C16H22N4O. The fraction of sp³-hybridized carbons (Fsp3) is 0.500. The number of aryl methyl sites for hydroxylation is 3. The number of aromatic nitrogens is 3. The van der Waals surface area contributed by atoms with Gasteiger partial charge in [-0.05, 0) is 57.0 Å². The van der Waals surface area contributed by atoms with Crippen molar-refractivity contribution in [1.82, 2.24) is 20.1 Å². The van der Waals surface area contributed by atoms with E-state index in [1.807, 2.05) is 27.0 Å². The molecule has 1 aliphatic rings. The Morgan fingerprint density at radius 2 is 2.14 bits per heavy atom. The van der Waals surface area contributed by atoms with Crippen LogP contribution in [-0.4, -0.2) is 28.9 Å². The van der Waals surface area contributed by atoms with Crippen molar-refractivity contribution in [3.8, 4) is 5.75 Å². The maximum Gasteiger partial charge on any atom is 0.147 e. The Morgan fingerprint density at radius 3 is 2.76 bits per heavy atom.